The van der Waals surface area contributed by atoms with Gasteiger partial charge in [-0.2, -0.15) is 8.42 Å². The molecule has 2 heterocycles. The highest BCUT2D eigenvalue weighted by Crippen LogP contribution is 2.42. The fourth-order valence-electron chi connectivity index (χ4n) is 5.07. The molecule has 1 aromatic carbocycles. The Bertz CT molecular complexity index is 1460. The van der Waals surface area contributed by atoms with E-state index in [-0.39, 0.29) is 35.3 Å². The Hall–Kier alpha value is -3.16. The number of benzene rings is 1. The maximum absolute atomic E-state index is 14.1. The second-order valence-electron chi connectivity index (χ2n) is 9.51. The molecule has 2 atom stereocenters. The van der Waals surface area contributed by atoms with Crippen molar-refractivity contribution in [3.8, 4) is 0 Å². The zero-order valence-corrected chi connectivity index (χ0v) is 21.7. The summed E-state index contributed by atoms with van der Waals surface area (Å²) < 4.78 is 60.5. The van der Waals surface area contributed by atoms with E-state index in [2.05, 4.69) is 5.32 Å². The van der Waals surface area contributed by atoms with Crippen LogP contribution < -0.4 is 5.32 Å². The average Bonchev–Trinajstić information content (AvgIpc) is 3.07. The van der Waals surface area contributed by atoms with E-state index in [4.69, 9.17) is 0 Å². The minimum Gasteiger partial charge on any atom is -0.295 e. The number of imide groups is 2. The van der Waals surface area contributed by atoms with Crippen molar-refractivity contribution in [2.45, 2.75) is 61.0 Å². The number of amides is 4. The number of piperidine rings is 1. The van der Waals surface area contributed by atoms with E-state index in [1.807, 2.05) is 0 Å². The molecule has 4 rings (SSSR count). The first-order chi connectivity index (χ1) is 17.2. The molecule has 2 aliphatic heterocycles. The van der Waals surface area contributed by atoms with Crippen molar-refractivity contribution < 1.29 is 40.6 Å². The first-order valence-electron chi connectivity index (χ1n) is 11.7. The second kappa shape index (κ2) is 9.30. The zero-order valence-electron chi connectivity index (χ0n) is 20.1. The Kier molecular flexibility index (Phi) is 6.76. The lowest BCUT2D eigenvalue weighted by Crippen LogP contribution is -2.54. The fourth-order valence-corrected chi connectivity index (χ4v) is 8.06. The molecular weight excluding hydrogens is 524 g/mol. The minimum absolute atomic E-state index is 0.0702. The lowest BCUT2D eigenvalue weighted by molar-refractivity contribution is -0.136. The van der Waals surface area contributed by atoms with Crippen LogP contribution in [0.15, 0.2) is 47.4 Å². The Morgan fingerprint density at radius 3 is 2.30 bits per heavy atom. The molecule has 1 aliphatic carbocycles. The van der Waals surface area contributed by atoms with Crippen LogP contribution in [0.25, 0.3) is 0 Å². The SMILES string of the molecule is CCCC(C1(C)C=CC(S(=O)(=O)O)C=C1)S(=O)(=O)c1cccc2c1C(=O)N(C1CCC(=O)NC1=O)C2=O. The summed E-state index contributed by atoms with van der Waals surface area (Å²) in [4.78, 5) is 50.9. The summed E-state index contributed by atoms with van der Waals surface area (Å²) in [7, 11) is -8.71. The molecule has 0 spiro atoms. The molecule has 37 heavy (non-hydrogen) atoms. The van der Waals surface area contributed by atoms with Crippen LogP contribution in [0.1, 0.15) is 60.2 Å². The van der Waals surface area contributed by atoms with Gasteiger partial charge in [0.2, 0.25) is 11.8 Å². The number of rotatable bonds is 7. The van der Waals surface area contributed by atoms with Crippen molar-refractivity contribution >= 4 is 43.6 Å². The van der Waals surface area contributed by atoms with Gasteiger partial charge in [-0.05, 0) is 25.0 Å². The topological polar surface area (TPSA) is 172 Å². The van der Waals surface area contributed by atoms with E-state index in [9.17, 15) is 40.6 Å². The molecule has 2 unspecified atom stereocenters. The molecule has 1 aromatic rings. The summed E-state index contributed by atoms with van der Waals surface area (Å²) >= 11 is 0. The molecule has 1 saturated heterocycles. The van der Waals surface area contributed by atoms with Gasteiger partial charge in [0.25, 0.3) is 21.9 Å². The first kappa shape index (κ1) is 26.9. The molecule has 1 fully saturated rings. The molecule has 11 nitrogen and oxygen atoms in total. The van der Waals surface area contributed by atoms with Gasteiger partial charge >= 0.3 is 0 Å². The van der Waals surface area contributed by atoms with Gasteiger partial charge in [-0.3, -0.25) is 33.9 Å². The third-order valence-electron chi connectivity index (χ3n) is 6.99. The lowest BCUT2D eigenvalue weighted by Gasteiger charge is -2.35. The number of fused-ring (bicyclic) bond motifs is 1. The molecule has 4 amide bonds. The van der Waals surface area contributed by atoms with Crippen LogP contribution in [0.3, 0.4) is 0 Å². The van der Waals surface area contributed by atoms with Crippen molar-refractivity contribution in [3.05, 3.63) is 53.6 Å². The monoisotopic (exact) mass is 550 g/mol. The van der Waals surface area contributed by atoms with E-state index in [0.717, 1.165) is 0 Å². The van der Waals surface area contributed by atoms with Gasteiger partial charge in [0.1, 0.15) is 11.3 Å². The quantitative estimate of drug-likeness (QED) is 0.289. The zero-order chi connectivity index (χ0) is 27.3. The smallest absolute Gasteiger partial charge is 0.275 e. The lowest BCUT2D eigenvalue weighted by atomic mass is 9.81. The molecule has 3 aliphatic rings. The van der Waals surface area contributed by atoms with Crippen LogP contribution in [-0.4, -0.2) is 66.5 Å². The molecule has 0 bridgehead atoms. The summed E-state index contributed by atoms with van der Waals surface area (Å²) in [6, 6.07) is 2.65. The number of nitrogens with zero attached hydrogens (tertiary/aromatic N) is 1. The first-order valence-corrected chi connectivity index (χ1v) is 14.7. The third-order valence-corrected chi connectivity index (χ3v) is 10.4. The van der Waals surface area contributed by atoms with Crippen LogP contribution in [0.5, 0.6) is 0 Å². The molecule has 2 N–H and O–H groups in total. The largest absolute Gasteiger partial charge is 0.295 e. The van der Waals surface area contributed by atoms with Gasteiger partial charge in [-0.1, -0.05) is 50.6 Å². The number of carbonyl (C=O) groups is 4. The molecular formula is C24H26N2O9S2. The highest BCUT2D eigenvalue weighted by Gasteiger charge is 2.49. The van der Waals surface area contributed by atoms with Crippen LogP contribution >= 0.6 is 0 Å². The van der Waals surface area contributed by atoms with Crippen LogP contribution in [0.4, 0.5) is 0 Å². The molecule has 0 radical (unpaired) electrons. The maximum Gasteiger partial charge on any atom is 0.275 e. The number of carbonyl (C=O) groups excluding carboxylic acids is 4. The van der Waals surface area contributed by atoms with Crippen molar-refractivity contribution in [2.75, 3.05) is 0 Å². The van der Waals surface area contributed by atoms with Crippen LogP contribution in [0.2, 0.25) is 0 Å². The average molecular weight is 551 g/mol. The molecule has 0 aromatic heterocycles. The van der Waals surface area contributed by atoms with Crippen molar-refractivity contribution in [1.82, 2.24) is 10.2 Å². The van der Waals surface area contributed by atoms with E-state index in [1.54, 1.807) is 13.8 Å². The van der Waals surface area contributed by atoms with Crippen LogP contribution in [-0.2, 0) is 29.5 Å². The predicted molar refractivity (Wildman–Crippen MR) is 131 cm³/mol. The summed E-state index contributed by atoms with van der Waals surface area (Å²) in [5, 5.41) is -0.354. The normalized spacial score (nSPS) is 26.8. The molecule has 0 saturated carbocycles. The maximum atomic E-state index is 14.1. The van der Waals surface area contributed by atoms with Crippen molar-refractivity contribution in [3.63, 3.8) is 0 Å². The standard InChI is InChI=1S/C24H26N2O9S2/c1-3-5-18(24(2)12-10-14(11-13-24)37(33,34)35)36(31,32)17-7-4-6-15-20(17)23(30)26(22(15)29)16-8-9-19(27)25-21(16)28/h4,6-7,10-14,16,18H,3,5,8-9H2,1-2H3,(H,25,27,28)(H,33,34,35). The Morgan fingerprint density at radius 2 is 1.73 bits per heavy atom. The Labute approximate surface area is 214 Å². The Balaban J connectivity index is 1.77. The van der Waals surface area contributed by atoms with E-state index >= 15 is 0 Å². The highest BCUT2D eigenvalue weighted by molar-refractivity contribution is 7.92. The minimum atomic E-state index is -4.41. The van der Waals surface area contributed by atoms with Gasteiger partial charge < -0.3 is 0 Å². The molecule has 198 valence electrons. The summed E-state index contributed by atoms with van der Waals surface area (Å²) in [6.45, 7) is 3.38. The van der Waals surface area contributed by atoms with Gasteiger partial charge in [0.05, 0.1) is 21.3 Å². The summed E-state index contributed by atoms with van der Waals surface area (Å²) in [5.41, 5.74) is -1.67. The number of allylic oxidation sites excluding steroid dienone is 2. The highest BCUT2D eigenvalue weighted by atomic mass is 32.2. The number of hydrogen-bond donors (Lipinski definition) is 2. The second-order valence-corrected chi connectivity index (χ2v) is 13.2. The number of sulfone groups is 1. The van der Waals surface area contributed by atoms with Crippen molar-refractivity contribution in [2.24, 2.45) is 5.41 Å². The van der Waals surface area contributed by atoms with Gasteiger partial charge in [-0.25, -0.2) is 8.42 Å². The van der Waals surface area contributed by atoms with Crippen molar-refractivity contribution in [1.29, 1.82) is 0 Å². The van der Waals surface area contributed by atoms with Crippen LogP contribution in [0, 0.1) is 5.41 Å². The van der Waals surface area contributed by atoms with E-state index < -0.39 is 65.5 Å². The van der Waals surface area contributed by atoms with Gasteiger partial charge in [0, 0.05) is 11.8 Å². The Morgan fingerprint density at radius 1 is 1.08 bits per heavy atom. The fraction of sp³-hybridized carbons (Fsp3) is 0.417. The predicted octanol–water partition coefficient (Wildman–Crippen LogP) is 1.42. The number of hydrogen-bond acceptors (Lipinski definition) is 8. The van der Waals surface area contributed by atoms with E-state index in [0.29, 0.717) is 11.3 Å². The van der Waals surface area contributed by atoms with Gasteiger partial charge in [0.15, 0.2) is 9.84 Å². The summed E-state index contributed by atoms with van der Waals surface area (Å²) in [6.07, 6.45) is 5.68. The summed E-state index contributed by atoms with van der Waals surface area (Å²) in [5.74, 6) is -3.09. The van der Waals surface area contributed by atoms with E-state index in [1.165, 1.54) is 42.5 Å². The van der Waals surface area contributed by atoms with Gasteiger partial charge in [-0.15, -0.1) is 0 Å². The third kappa shape index (κ3) is 4.55. The number of nitrogens with one attached hydrogen (secondary N) is 1. The molecule has 13 heteroatoms.